The highest BCUT2D eigenvalue weighted by atomic mass is 19.1. The Bertz CT molecular complexity index is 1460. The van der Waals surface area contributed by atoms with Crippen LogP contribution >= 0.6 is 0 Å². The van der Waals surface area contributed by atoms with Gasteiger partial charge in [-0.25, -0.2) is 9.37 Å². The number of halogens is 1. The van der Waals surface area contributed by atoms with Gasteiger partial charge in [0.25, 0.3) is 0 Å². The van der Waals surface area contributed by atoms with Crippen molar-refractivity contribution in [1.82, 2.24) is 15.3 Å². The Balaban J connectivity index is 1.43. The highest BCUT2D eigenvalue weighted by molar-refractivity contribution is 6.01. The number of phenols is 1. The monoisotopic (exact) mass is 471 g/mol. The molecule has 1 aromatic heterocycles. The van der Waals surface area contributed by atoms with Crippen molar-refractivity contribution in [1.29, 1.82) is 0 Å². The normalized spacial score (nSPS) is 22.2. The number of aliphatic hydroxyl groups excluding tert-OH is 1. The summed E-state index contributed by atoms with van der Waals surface area (Å²) in [5, 5.41) is 26.2. The molecule has 3 aromatic carbocycles. The van der Waals surface area contributed by atoms with Crippen molar-refractivity contribution in [3.63, 3.8) is 0 Å². The van der Waals surface area contributed by atoms with Crippen LogP contribution in [0.3, 0.4) is 0 Å². The second-order valence-electron chi connectivity index (χ2n) is 9.99. The van der Waals surface area contributed by atoms with Crippen LogP contribution in [0.2, 0.25) is 0 Å². The van der Waals surface area contributed by atoms with Crippen LogP contribution in [0.25, 0.3) is 32.8 Å². The van der Waals surface area contributed by atoms with E-state index >= 15 is 4.39 Å². The second-order valence-corrected chi connectivity index (χ2v) is 9.99. The predicted octanol–water partition coefficient (Wildman–Crippen LogP) is 3.42. The van der Waals surface area contributed by atoms with Gasteiger partial charge in [-0.1, -0.05) is 30.3 Å². The molecule has 7 nitrogen and oxygen atoms in total. The molecule has 0 spiro atoms. The molecule has 3 aliphatic heterocycles. The minimum atomic E-state index is -0.428. The average Bonchev–Trinajstić information content (AvgIpc) is 3.18. The molecule has 3 fully saturated rings. The van der Waals surface area contributed by atoms with E-state index in [1.165, 1.54) is 0 Å². The molecule has 2 unspecified atom stereocenters. The molecule has 3 aliphatic rings. The van der Waals surface area contributed by atoms with Crippen molar-refractivity contribution in [2.75, 3.05) is 36.0 Å². The highest BCUT2D eigenvalue weighted by Gasteiger charge is 2.35. The minimum Gasteiger partial charge on any atom is -0.508 e. The Kier molecular flexibility index (Phi) is 4.62. The van der Waals surface area contributed by atoms with Gasteiger partial charge in [-0.05, 0) is 47.4 Å². The summed E-state index contributed by atoms with van der Waals surface area (Å²) >= 11 is 0. The van der Waals surface area contributed by atoms with Crippen LogP contribution in [0, 0.1) is 5.82 Å². The molecule has 0 radical (unpaired) electrons. The number of benzene rings is 3. The maximum atomic E-state index is 16.3. The molecular formula is C27H26FN5O2. The van der Waals surface area contributed by atoms with Crippen molar-refractivity contribution in [3.05, 3.63) is 54.3 Å². The zero-order chi connectivity index (χ0) is 23.7. The fourth-order valence-electron chi connectivity index (χ4n) is 5.83. The van der Waals surface area contributed by atoms with Crippen LogP contribution in [0.4, 0.5) is 16.2 Å². The summed E-state index contributed by atoms with van der Waals surface area (Å²) in [6.45, 7) is 2.53. The van der Waals surface area contributed by atoms with Crippen LogP contribution in [0.1, 0.15) is 12.8 Å². The summed E-state index contributed by atoms with van der Waals surface area (Å²) in [6.07, 6.45) is 1.86. The number of aromatic nitrogens is 2. The summed E-state index contributed by atoms with van der Waals surface area (Å²) in [4.78, 5) is 13.7. The van der Waals surface area contributed by atoms with Gasteiger partial charge in [0.2, 0.25) is 5.95 Å². The largest absolute Gasteiger partial charge is 0.508 e. The number of fused-ring (bicyclic) bond motifs is 4. The maximum absolute atomic E-state index is 16.3. The van der Waals surface area contributed by atoms with Crippen molar-refractivity contribution in [2.45, 2.75) is 31.0 Å². The van der Waals surface area contributed by atoms with Crippen molar-refractivity contribution >= 4 is 33.4 Å². The first-order valence-electron chi connectivity index (χ1n) is 12.2. The number of hydrogen-bond acceptors (Lipinski definition) is 7. The molecule has 4 aromatic rings. The van der Waals surface area contributed by atoms with Gasteiger partial charge in [0.1, 0.15) is 17.1 Å². The molecule has 4 heterocycles. The zero-order valence-corrected chi connectivity index (χ0v) is 19.2. The van der Waals surface area contributed by atoms with Crippen LogP contribution < -0.4 is 15.1 Å². The van der Waals surface area contributed by atoms with Crippen LogP contribution in [-0.4, -0.2) is 64.5 Å². The quantitative estimate of drug-likeness (QED) is 0.422. The van der Waals surface area contributed by atoms with Crippen molar-refractivity contribution in [2.24, 2.45) is 0 Å². The van der Waals surface area contributed by atoms with Gasteiger partial charge in [0, 0.05) is 49.2 Å². The fourth-order valence-corrected chi connectivity index (χ4v) is 5.83. The van der Waals surface area contributed by atoms with E-state index in [0.29, 0.717) is 47.6 Å². The maximum Gasteiger partial charge on any atom is 0.228 e. The molecule has 0 saturated carbocycles. The first-order chi connectivity index (χ1) is 17.0. The summed E-state index contributed by atoms with van der Waals surface area (Å²) in [5.41, 5.74) is 1.28. The van der Waals surface area contributed by atoms with Gasteiger partial charge in [-0.2, -0.15) is 4.98 Å². The molecule has 2 atom stereocenters. The van der Waals surface area contributed by atoms with Gasteiger partial charge in [-0.15, -0.1) is 0 Å². The number of piperazine rings is 1. The lowest BCUT2D eigenvalue weighted by Crippen LogP contribution is -2.53. The van der Waals surface area contributed by atoms with E-state index in [0.717, 1.165) is 42.5 Å². The third kappa shape index (κ3) is 3.39. The standard InChI is InChI=1S/C27H26FN5O2/c28-24-21(23-10-18(34)9-15-3-1-2-4-20(15)23)7-8-22-25(24)30-27(33-13-19(35)14-33)31-26(22)32-11-16-5-6-17(12-32)29-16/h1-4,7-10,16-17,19,29,34-35H,5-6,11-14H2. The highest BCUT2D eigenvalue weighted by Crippen LogP contribution is 2.39. The lowest BCUT2D eigenvalue weighted by Gasteiger charge is -2.38. The number of phenolic OH excluding ortho intramolecular Hbond substituents is 1. The predicted molar refractivity (Wildman–Crippen MR) is 134 cm³/mol. The Morgan fingerprint density at radius 3 is 2.40 bits per heavy atom. The minimum absolute atomic E-state index is 0.0909. The number of rotatable bonds is 3. The van der Waals surface area contributed by atoms with Gasteiger partial charge >= 0.3 is 0 Å². The number of aromatic hydroxyl groups is 1. The number of β-amino-alcohol motifs (C(OH)–C–C–N with tert-alkyl or cyclic N) is 1. The summed E-state index contributed by atoms with van der Waals surface area (Å²) in [7, 11) is 0. The first kappa shape index (κ1) is 20.8. The smallest absolute Gasteiger partial charge is 0.228 e. The topological polar surface area (TPSA) is 84.8 Å². The third-order valence-corrected chi connectivity index (χ3v) is 7.57. The number of hydrogen-bond donors (Lipinski definition) is 3. The van der Waals surface area contributed by atoms with Crippen molar-refractivity contribution < 1.29 is 14.6 Å². The molecule has 0 aliphatic carbocycles. The molecular weight excluding hydrogens is 445 g/mol. The lowest BCUT2D eigenvalue weighted by atomic mass is 9.96. The lowest BCUT2D eigenvalue weighted by molar-refractivity contribution is 0.140. The average molecular weight is 472 g/mol. The summed E-state index contributed by atoms with van der Waals surface area (Å²) in [6, 6.07) is 15.4. The van der Waals surface area contributed by atoms with Crippen molar-refractivity contribution in [3.8, 4) is 16.9 Å². The van der Waals surface area contributed by atoms with E-state index < -0.39 is 11.9 Å². The van der Waals surface area contributed by atoms with E-state index in [4.69, 9.17) is 4.98 Å². The van der Waals surface area contributed by atoms with Gasteiger partial charge in [-0.3, -0.25) is 0 Å². The third-order valence-electron chi connectivity index (χ3n) is 7.57. The van der Waals surface area contributed by atoms with E-state index in [1.54, 1.807) is 18.2 Å². The van der Waals surface area contributed by atoms with E-state index in [9.17, 15) is 10.2 Å². The van der Waals surface area contributed by atoms with Gasteiger partial charge in [0.05, 0.1) is 6.10 Å². The molecule has 0 amide bonds. The summed E-state index contributed by atoms with van der Waals surface area (Å²) in [5.74, 6) is 0.854. The molecule has 3 saturated heterocycles. The molecule has 7 rings (SSSR count). The van der Waals surface area contributed by atoms with E-state index in [1.807, 2.05) is 35.2 Å². The first-order valence-corrected chi connectivity index (χ1v) is 12.2. The van der Waals surface area contributed by atoms with Crippen LogP contribution in [0.5, 0.6) is 5.75 Å². The molecule has 178 valence electrons. The van der Waals surface area contributed by atoms with Gasteiger partial charge in [0.15, 0.2) is 5.82 Å². The number of anilines is 2. The summed E-state index contributed by atoms with van der Waals surface area (Å²) < 4.78 is 16.3. The number of nitrogens with zero attached hydrogens (tertiary/aromatic N) is 4. The van der Waals surface area contributed by atoms with Gasteiger partial charge < -0.3 is 25.3 Å². The number of nitrogens with one attached hydrogen (secondary N) is 1. The van der Waals surface area contributed by atoms with Crippen LogP contribution in [0.15, 0.2) is 48.5 Å². The Hall–Kier alpha value is -3.49. The number of aliphatic hydroxyl groups is 1. The Morgan fingerprint density at radius 2 is 1.63 bits per heavy atom. The van der Waals surface area contributed by atoms with Crippen LogP contribution in [-0.2, 0) is 0 Å². The molecule has 3 N–H and O–H groups in total. The molecule has 8 heteroatoms. The Labute approximate surface area is 201 Å². The SMILES string of the molecule is Oc1cc(-c2ccc3c(N4CC5CCC(C4)N5)nc(N4CC(O)C4)nc3c2F)c2ccccc2c1. The second kappa shape index (κ2) is 7.76. The molecule has 35 heavy (non-hydrogen) atoms. The zero-order valence-electron chi connectivity index (χ0n) is 19.2. The Morgan fingerprint density at radius 1 is 0.857 bits per heavy atom. The molecule has 2 bridgehead atoms. The van der Waals surface area contributed by atoms with E-state index in [2.05, 4.69) is 15.2 Å². The van der Waals surface area contributed by atoms with E-state index in [-0.39, 0.29) is 11.3 Å². The fraction of sp³-hybridized carbons (Fsp3) is 0.333.